The van der Waals surface area contributed by atoms with Gasteiger partial charge in [0.2, 0.25) is 0 Å². The molecule has 1 N–H and O–H groups in total. The highest BCUT2D eigenvalue weighted by Crippen LogP contribution is 2.28. The van der Waals surface area contributed by atoms with Crippen LogP contribution in [-0.4, -0.2) is 25.8 Å². The normalized spacial score (nSPS) is 23.6. The van der Waals surface area contributed by atoms with Gasteiger partial charge in [0, 0.05) is 6.54 Å². The van der Waals surface area contributed by atoms with Crippen molar-refractivity contribution < 1.29 is 4.74 Å². The van der Waals surface area contributed by atoms with Crippen molar-refractivity contribution in [2.45, 2.75) is 51.6 Å². The second-order valence-corrected chi connectivity index (χ2v) is 6.27. The number of rotatable bonds is 8. The van der Waals surface area contributed by atoms with Crippen LogP contribution < -0.4 is 5.32 Å². The molecular formula is C16H27NOS. The summed E-state index contributed by atoms with van der Waals surface area (Å²) in [6, 6.07) is 2.21. The molecule has 2 rings (SSSR count). The Bertz CT molecular complexity index is 325. The standard InChI is InChI=1S/C16H27NOS/c1-2-15-5-3-4-6-16(15)18-11-10-17-9-7-14-8-12-19-13-14/h8,12-13,15-17H,2-7,9-11H2,1H3. The zero-order chi connectivity index (χ0) is 13.3. The monoisotopic (exact) mass is 281 g/mol. The van der Waals surface area contributed by atoms with Gasteiger partial charge in [-0.2, -0.15) is 11.3 Å². The van der Waals surface area contributed by atoms with E-state index in [1.165, 1.54) is 37.7 Å². The Morgan fingerprint density at radius 1 is 1.32 bits per heavy atom. The Morgan fingerprint density at radius 3 is 3.00 bits per heavy atom. The molecule has 0 radical (unpaired) electrons. The third-order valence-electron chi connectivity index (χ3n) is 4.15. The third-order valence-corrected chi connectivity index (χ3v) is 4.88. The van der Waals surface area contributed by atoms with Gasteiger partial charge in [0.15, 0.2) is 0 Å². The van der Waals surface area contributed by atoms with Crippen LogP contribution in [0, 0.1) is 5.92 Å². The minimum absolute atomic E-state index is 0.525. The highest BCUT2D eigenvalue weighted by molar-refractivity contribution is 7.07. The van der Waals surface area contributed by atoms with Crippen LogP contribution in [-0.2, 0) is 11.2 Å². The molecule has 1 fully saturated rings. The lowest BCUT2D eigenvalue weighted by atomic mass is 9.85. The van der Waals surface area contributed by atoms with Gasteiger partial charge in [-0.15, -0.1) is 0 Å². The van der Waals surface area contributed by atoms with Crippen molar-refractivity contribution in [2.75, 3.05) is 19.7 Å². The maximum absolute atomic E-state index is 6.06. The van der Waals surface area contributed by atoms with Crippen LogP contribution >= 0.6 is 11.3 Å². The average molecular weight is 281 g/mol. The van der Waals surface area contributed by atoms with Crippen LogP contribution in [0.1, 0.15) is 44.6 Å². The van der Waals surface area contributed by atoms with Gasteiger partial charge >= 0.3 is 0 Å². The molecule has 0 saturated heterocycles. The highest BCUT2D eigenvalue weighted by Gasteiger charge is 2.23. The number of hydrogen-bond donors (Lipinski definition) is 1. The maximum atomic E-state index is 6.06. The Labute approximate surface area is 121 Å². The quantitative estimate of drug-likeness (QED) is 0.730. The zero-order valence-corrected chi connectivity index (χ0v) is 12.9. The van der Waals surface area contributed by atoms with Gasteiger partial charge in [-0.3, -0.25) is 0 Å². The maximum Gasteiger partial charge on any atom is 0.0603 e. The fourth-order valence-corrected chi connectivity index (χ4v) is 3.64. The average Bonchev–Trinajstić information content (AvgIpc) is 2.96. The van der Waals surface area contributed by atoms with Crippen molar-refractivity contribution in [3.8, 4) is 0 Å². The summed E-state index contributed by atoms with van der Waals surface area (Å²) in [6.07, 6.45) is 8.32. The molecule has 108 valence electrons. The minimum Gasteiger partial charge on any atom is -0.377 e. The van der Waals surface area contributed by atoms with E-state index in [-0.39, 0.29) is 0 Å². The van der Waals surface area contributed by atoms with Crippen LogP contribution in [0.5, 0.6) is 0 Å². The predicted molar refractivity (Wildman–Crippen MR) is 82.9 cm³/mol. The largest absolute Gasteiger partial charge is 0.377 e. The molecule has 0 aliphatic heterocycles. The van der Waals surface area contributed by atoms with E-state index in [4.69, 9.17) is 4.74 Å². The first-order chi connectivity index (χ1) is 9.40. The van der Waals surface area contributed by atoms with Gasteiger partial charge in [-0.25, -0.2) is 0 Å². The van der Waals surface area contributed by atoms with E-state index in [1.807, 2.05) is 0 Å². The lowest BCUT2D eigenvalue weighted by molar-refractivity contribution is -0.0101. The fourth-order valence-electron chi connectivity index (χ4n) is 2.94. The molecule has 1 aliphatic carbocycles. The third kappa shape index (κ3) is 5.25. The molecule has 1 aromatic heterocycles. The molecule has 0 aromatic carbocycles. The van der Waals surface area contributed by atoms with Gasteiger partial charge in [0.1, 0.15) is 0 Å². The van der Waals surface area contributed by atoms with Crippen molar-refractivity contribution in [3.05, 3.63) is 22.4 Å². The second kappa shape index (κ2) is 8.72. The van der Waals surface area contributed by atoms with Crippen LogP contribution in [0.4, 0.5) is 0 Å². The molecule has 0 amide bonds. The van der Waals surface area contributed by atoms with Crippen molar-refractivity contribution in [2.24, 2.45) is 5.92 Å². The lowest BCUT2D eigenvalue weighted by Gasteiger charge is -2.30. The van der Waals surface area contributed by atoms with E-state index in [0.717, 1.165) is 32.0 Å². The molecular weight excluding hydrogens is 254 g/mol. The van der Waals surface area contributed by atoms with Crippen LogP contribution in [0.2, 0.25) is 0 Å². The van der Waals surface area contributed by atoms with Gasteiger partial charge in [-0.1, -0.05) is 26.2 Å². The van der Waals surface area contributed by atoms with Crippen molar-refractivity contribution in [1.29, 1.82) is 0 Å². The number of hydrogen-bond acceptors (Lipinski definition) is 3. The van der Waals surface area contributed by atoms with E-state index < -0.39 is 0 Å². The predicted octanol–water partition coefficient (Wildman–Crippen LogP) is 3.87. The summed E-state index contributed by atoms with van der Waals surface area (Å²) in [5.74, 6) is 0.805. The topological polar surface area (TPSA) is 21.3 Å². The molecule has 0 bridgehead atoms. The second-order valence-electron chi connectivity index (χ2n) is 5.49. The molecule has 0 spiro atoms. The van der Waals surface area contributed by atoms with E-state index in [2.05, 4.69) is 29.1 Å². The molecule has 3 heteroatoms. The van der Waals surface area contributed by atoms with Gasteiger partial charge in [0.05, 0.1) is 12.7 Å². The smallest absolute Gasteiger partial charge is 0.0603 e. The molecule has 1 aliphatic rings. The molecule has 2 atom stereocenters. The molecule has 19 heavy (non-hydrogen) atoms. The fraction of sp³-hybridized carbons (Fsp3) is 0.750. The minimum atomic E-state index is 0.525. The Morgan fingerprint density at radius 2 is 2.21 bits per heavy atom. The first kappa shape index (κ1) is 15.0. The van der Waals surface area contributed by atoms with E-state index in [9.17, 15) is 0 Å². The molecule has 2 nitrogen and oxygen atoms in total. The van der Waals surface area contributed by atoms with E-state index in [0.29, 0.717) is 6.10 Å². The summed E-state index contributed by atoms with van der Waals surface area (Å²) in [7, 11) is 0. The Balaban J connectivity index is 1.51. The van der Waals surface area contributed by atoms with Crippen LogP contribution in [0.3, 0.4) is 0 Å². The first-order valence-electron chi connectivity index (χ1n) is 7.73. The molecule has 2 unspecified atom stereocenters. The van der Waals surface area contributed by atoms with Crippen LogP contribution in [0.25, 0.3) is 0 Å². The molecule has 1 aromatic rings. The first-order valence-corrected chi connectivity index (χ1v) is 8.68. The zero-order valence-electron chi connectivity index (χ0n) is 12.1. The van der Waals surface area contributed by atoms with Gasteiger partial charge < -0.3 is 10.1 Å². The summed E-state index contributed by atoms with van der Waals surface area (Å²) < 4.78 is 6.06. The highest BCUT2D eigenvalue weighted by atomic mass is 32.1. The Hall–Kier alpha value is -0.380. The van der Waals surface area contributed by atoms with E-state index in [1.54, 1.807) is 11.3 Å². The lowest BCUT2D eigenvalue weighted by Crippen LogP contribution is -2.31. The van der Waals surface area contributed by atoms with Crippen LogP contribution in [0.15, 0.2) is 16.8 Å². The summed E-state index contributed by atoms with van der Waals surface area (Å²) in [5.41, 5.74) is 1.44. The number of ether oxygens (including phenoxy) is 1. The molecule has 1 heterocycles. The number of thiophene rings is 1. The van der Waals surface area contributed by atoms with Crippen molar-refractivity contribution in [1.82, 2.24) is 5.32 Å². The SMILES string of the molecule is CCC1CCCCC1OCCNCCc1ccsc1. The van der Waals surface area contributed by atoms with Gasteiger partial charge in [0.25, 0.3) is 0 Å². The number of nitrogens with one attached hydrogen (secondary N) is 1. The molecule has 1 saturated carbocycles. The summed E-state index contributed by atoms with van der Waals surface area (Å²) in [6.45, 7) is 5.20. The van der Waals surface area contributed by atoms with Crippen molar-refractivity contribution in [3.63, 3.8) is 0 Å². The Kier molecular flexibility index (Phi) is 6.90. The van der Waals surface area contributed by atoms with Crippen molar-refractivity contribution >= 4 is 11.3 Å². The van der Waals surface area contributed by atoms with E-state index >= 15 is 0 Å². The summed E-state index contributed by atoms with van der Waals surface area (Å²) >= 11 is 1.78. The summed E-state index contributed by atoms with van der Waals surface area (Å²) in [5, 5.41) is 7.85. The van der Waals surface area contributed by atoms with Gasteiger partial charge in [-0.05, 0) is 54.1 Å². The summed E-state index contributed by atoms with van der Waals surface area (Å²) in [4.78, 5) is 0.